The molecule has 1 unspecified atom stereocenters. The monoisotopic (exact) mass is 489 g/mol. The van der Waals surface area contributed by atoms with Crippen LogP contribution < -0.4 is 0 Å². The highest BCUT2D eigenvalue weighted by Gasteiger charge is 2.20. The normalized spacial score (nSPS) is 12.6. The minimum absolute atomic E-state index is 0.106. The van der Waals surface area contributed by atoms with Crippen molar-refractivity contribution in [3.05, 3.63) is 94.1 Å². The number of ether oxygens (including phenoxy) is 1. The second kappa shape index (κ2) is 9.33. The fourth-order valence-corrected chi connectivity index (χ4v) is 4.67. The molecular weight excluding hydrogens is 462 g/mol. The van der Waals surface area contributed by atoms with Gasteiger partial charge in [-0.05, 0) is 40.3 Å². The van der Waals surface area contributed by atoms with E-state index in [1.165, 1.54) is 16.5 Å². The van der Waals surface area contributed by atoms with E-state index in [0.29, 0.717) is 19.3 Å². The van der Waals surface area contributed by atoms with E-state index in [1.807, 2.05) is 18.2 Å². The van der Waals surface area contributed by atoms with Crippen molar-refractivity contribution in [3.63, 3.8) is 0 Å². The summed E-state index contributed by atoms with van der Waals surface area (Å²) >= 11 is 3.53. The lowest BCUT2D eigenvalue weighted by Crippen LogP contribution is -2.19. The summed E-state index contributed by atoms with van der Waals surface area (Å²) in [6, 6.07) is 25.3. The molecule has 1 heterocycles. The van der Waals surface area contributed by atoms with Crippen LogP contribution in [0.2, 0.25) is 0 Å². The third-order valence-electron chi connectivity index (χ3n) is 5.86. The fourth-order valence-electron chi connectivity index (χ4n) is 4.22. The molecule has 0 bridgehead atoms. The average molecular weight is 490 g/mol. The number of H-pyrrole nitrogens is 1. The Morgan fingerprint density at radius 3 is 2.41 bits per heavy atom. The molecule has 1 aromatic heterocycles. The molecule has 0 radical (unpaired) electrons. The van der Waals surface area contributed by atoms with Crippen molar-refractivity contribution in [2.45, 2.75) is 45.1 Å². The quantitative estimate of drug-likeness (QED) is 0.278. The van der Waals surface area contributed by atoms with Crippen molar-refractivity contribution in [1.29, 1.82) is 0 Å². The minimum atomic E-state index is -0.262. The number of aromatic nitrogens is 1. The van der Waals surface area contributed by atoms with E-state index in [1.54, 1.807) is 0 Å². The van der Waals surface area contributed by atoms with Crippen molar-refractivity contribution < 1.29 is 9.53 Å². The second-order valence-corrected chi connectivity index (χ2v) is 10.2. The molecule has 164 valence electrons. The first-order valence-electron chi connectivity index (χ1n) is 10.9. The second-order valence-electron chi connectivity index (χ2n) is 9.24. The van der Waals surface area contributed by atoms with Crippen LogP contribution in [-0.2, 0) is 27.8 Å². The molecule has 4 rings (SSSR count). The van der Waals surface area contributed by atoms with Crippen LogP contribution in [-0.4, -0.2) is 17.6 Å². The molecule has 0 saturated carbocycles. The number of benzene rings is 3. The summed E-state index contributed by atoms with van der Waals surface area (Å²) in [4.78, 5) is 14.9. The van der Waals surface area contributed by atoms with Crippen LogP contribution in [0, 0.1) is 0 Å². The van der Waals surface area contributed by atoms with E-state index in [-0.39, 0.29) is 11.5 Å². The smallest absolute Gasteiger partial charge is 0.293 e. The Morgan fingerprint density at radius 1 is 0.969 bits per heavy atom. The SMILES string of the molecule is CC(C)(C)c1ccc(-c2c(CC(Cc3cccc(Br)c3)OC=O)[nH]c3ccccc23)cc1. The van der Waals surface area contributed by atoms with Crippen molar-refractivity contribution in [1.82, 2.24) is 4.98 Å². The molecule has 0 aliphatic heterocycles. The van der Waals surface area contributed by atoms with Gasteiger partial charge in [0.15, 0.2) is 0 Å². The highest BCUT2D eigenvalue weighted by Crippen LogP contribution is 2.35. The Morgan fingerprint density at radius 2 is 1.72 bits per heavy atom. The number of carbonyl (C=O) groups is 1. The van der Waals surface area contributed by atoms with Crippen LogP contribution in [0.4, 0.5) is 0 Å². The fraction of sp³-hybridized carbons (Fsp3) is 0.250. The number of fused-ring (bicyclic) bond motifs is 1. The minimum Gasteiger partial charge on any atom is -0.464 e. The van der Waals surface area contributed by atoms with Crippen LogP contribution in [0.3, 0.4) is 0 Å². The van der Waals surface area contributed by atoms with Gasteiger partial charge in [0.05, 0.1) is 0 Å². The molecule has 4 aromatic rings. The molecule has 0 amide bonds. The summed E-state index contributed by atoms with van der Waals surface area (Å²) in [6.45, 7) is 7.23. The summed E-state index contributed by atoms with van der Waals surface area (Å²) in [5.74, 6) is 0. The predicted octanol–water partition coefficient (Wildman–Crippen LogP) is 7.22. The van der Waals surface area contributed by atoms with E-state index in [2.05, 4.69) is 96.3 Å². The zero-order chi connectivity index (χ0) is 22.7. The maximum absolute atomic E-state index is 11.3. The number of halogens is 1. The van der Waals surface area contributed by atoms with Gasteiger partial charge in [-0.3, -0.25) is 4.79 Å². The lowest BCUT2D eigenvalue weighted by molar-refractivity contribution is -0.133. The lowest BCUT2D eigenvalue weighted by atomic mass is 9.86. The van der Waals surface area contributed by atoms with Gasteiger partial charge in [0, 0.05) is 39.5 Å². The van der Waals surface area contributed by atoms with Gasteiger partial charge in [0.1, 0.15) is 6.10 Å². The largest absolute Gasteiger partial charge is 0.464 e. The molecule has 0 aliphatic rings. The van der Waals surface area contributed by atoms with Gasteiger partial charge in [-0.25, -0.2) is 0 Å². The molecule has 4 heteroatoms. The van der Waals surface area contributed by atoms with Crippen LogP contribution >= 0.6 is 15.9 Å². The van der Waals surface area contributed by atoms with Gasteiger partial charge in [0.25, 0.3) is 6.47 Å². The standard InChI is InChI=1S/C28H28BrNO2/c1-28(2,3)21-13-11-20(12-14-21)27-24-9-4-5-10-25(24)30-26(27)17-23(32-18-31)16-19-7-6-8-22(29)15-19/h4-15,18,23,30H,16-17H2,1-3H3. The summed E-state index contributed by atoms with van der Waals surface area (Å²) in [5.41, 5.74) is 7.04. The number of hydrogen-bond acceptors (Lipinski definition) is 2. The Hall–Kier alpha value is -2.85. The first-order valence-corrected chi connectivity index (χ1v) is 11.7. The Bertz CT molecular complexity index is 1220. The molecule has 0 fully saturated rings. The van der Waals surface area contributed by atoms with Crippen LogP contribution in [0.5, 0.6) is 0 Å². The molecule has 0 saturated heterocycles. The first-order chi connectivity index (χ1) is 15.3. The third kappa shape index (κ3) is 4.97. The molecule has 0 spiro atoms. The van der Waals surface area contributed by atoms with E-state index in [9.17, 15) is 4.79 Å². The lowest BCUT2D eigenvalue weighted by Gasteiger charge is -2.19. The molecular formula is C28H28BrNO2. The Kier molecular flexibility index (Phi) is 6.52. The van der Waals surface area contributed by atoms with Gasteiger partial charge in [0.2, 0.25) is 0 Å². The van der Waals surface area contributed by atoms with Gasteiger partial charge in [-0.2, -0.15) is 0 Å². The topological polar surface area (TPSA) is 42.1 Å². The highest BCUT2D eigenvalue weighted by molar-refractivity contribution is 9.10. The number of para-hydroxylation sites is 1. The summed E-state index contributed by atoms with van der Waals surface area (Å²) in [6.07, 6.45) is 0.995. The molecule has 3 nitrogen and oxygen atoms in total. The first kappa shape index (κ1) is 22.3. The van der Waals surface area contributed by atoms with Crippen molar-refractivity contribution in [2.75, 3.05) is 0 Å². The molecule has 3 aromatic carbocycles. The third-order valence-corrected chi connectivity index (χ3v) is 6.35. The number of rotatable bonds is 7. The highest BCUT2D eigenvalue weighted by atomic mass is 79.9. The Balaban J connectivity index is 1.72. The summed E-state index contributed by atoms with van der Waals surface area (Å²) in [5, 5.41) is 1.18. The van der Waals surface area contributed by atoms with Gasteiger partial charge in [-0.1, -0.05) is 91.3 Å². The van der Waals surface area contributed by atoms with Gasteiger partial charge in [-0.15, -0.1) is 0 Å². The van der Waals surface area contributed by atoms with Crippen molar-refractivity contribution >= 4 is 33.3 Å². The number of carbonyl (C=O) groups excluding carboxylic acids is 1. The molecule has 0 aliphatic carbocycles. The van der Waals surface area contributed by atoms with E-state index >= 15 is 0 Å². The average Bonchev–Trinajstić information content (AvgIpc) is 3.11. The number of nitrogens with one attached hydrogen (secondary N) is 1. The zero-order valence-corrected chi connectivity index (χ0v) is 20.3. The maximum atomic E-state index is 11.3. The molecule has 1 atom stereocenters. The number of aromatic amines is 1. The maximum Gasteiger partial charge on any atom is 0.293 e. The molecule has 32 heavy (non-hydrogen) atoms. The zero-order valence-electron chi connectivity index (χ0n) is 18.7. The number of hydrogen-bond donors (Lipinski definition) is 1. The van der Waals surface area contributed by atoms with E-state index < -0.39 is 0 Å². The Labute approximate surface area is 197 Å². The van der Waals surface area contributed by atoms with Gasteiger partial charge >= 0.3 is 0 Å². The van der Waals surface area contributed by atoms with Gasteiger partial charge < -0.3 is 9.72 Å². The van der Waals surface area contributed by atoms with Crippen molar-refractivity contribution in [2.24, 2.45) is 0 Å². The van der Waals surface area contributed by atoms with Crippen LogP contribution in [0.15, 0.2) is 77.3 Å². The van der Waals surface area contributed by atoms with E-state index in [0.717, 1.165) is 26.8 Å². The van der Waals surface area contributed by atoms with E-state index in [4.69, 9.17) is 4.74 Å². The summed E-state index contributed by atoms with van der Waals surface area (Å²) in [7, 11) is 0. The summed E-state index contributed by atoms with van der Waals surface area (Å²) < 4.78 is 6.54. The predicted molar refractivity (Wildman–Crippen MR) is 135 cm³/mol. The van der Waals surface area contributed by atoms with Crippen LogP contribution in [0.25, 0.3) is 22.0 Å². The van der Waals surface area contributed by atoms with Crippen molar-refractivity contribution in [3.8, 4) is 11.1 Å². The van der Waals surface area contributed by atoms with Crippen LogP contribution in [0.1, 0.15) is 37.6 Å². The molecule has 1 N–H and O–H groups in total.